The van der Waals surface area contributed by atoms with E-state index in [1.807, 2.05) is 30.5 Å². The maximum Gasteiger partial charge on any atom is 0.267 e. The highest BCUT2D eigenvalue weighted by molar-refractivity contribution is 6.30. The van der Waals surface area contributed by atoms with Crippen LogP contribution >= 0.6 is 11.6 Å². The molecule has 1 aromatic heterocycles. The largest absolute Gasteiger partial charge is 0.350 e. The second-order valence-electron chi connectivity index (χ2n) is 6.50. The van der Waals surface area contributed by atoms with Crippen LogP contribution in [-0.4, -0.2) is 17.0 Å². The third-order valence-corrected chi connectivity index (χ3v) is 5.10. The van der Waals surface area contributed by atoms with Gasteiger partial charge in [0.1, 0.15) is 5.69 Å². The van der Waals surface area contributed by atoms with Gasteiger partial charge in [-0.15, -0.1) is 0 Å². The van der Waals surface area contributed by atoms with Crippen LogP contribution in [0.2, 0.25) is 5.02 Å². The smallest absolute Gasteiger partial charge is 0.267 e. The minimum atomic E-state index is 0.0390. The number of halogens is 1. The molecule has 1 heterocycles. The Hall–Kier alpha value is -1.74. The zero-order chi connectivity index (χ0) is 15.2. The number of aromatic nitrogens is 1. The molecule has 0 bridgehead atoms. The monoisotopic (exact) mass is 314 g/mol. The Morgan fingerprint density at radius 2 is 1.95 bits per heavy atom. The van der Waals surface area contributed by atoms with E-state index in [1.54, 1.807) is 0 Å². The van der Waals surface area contributed by atoms with Crippen molar-refractivity contribution in [3.05, 3.63) is 58.9 Å². The first-order chi connectivity index (χ1) is 10.7. The number of nitrogens with zero attached hydrogens (tertiary/aromatic N) is 1. The summed E-state index contributed by atoms with van der Waals surface area (Å²) in [6, 6.07) is 12.4. The Morgan fingerprint density at radius 1 is 1.23 bits per heavy atom. The molecule has 2 saturated carbocycles. The Labute approximate surface area is 135 Å². The lowest BCUT2D eigenvalue weighted by Crippen LogP contribution is -2.33. The lowest BCUT2D eigenvalue weighted by Gasteiger charge is -2.17. The minimum absolute atomic E-state index is 0.0390. The van der Waals surface area contributed by atoms with Crippen LogP contribution in [0.25, 0.3) is 0 Å². The van der Waals surface area contributed by atoms with Gasteiger partial charge in [0.05, 0.1) is 0 Å². The van der Waals surface area contributed by atoms with Gasteiger partial charge >= 0.3 is 0 Å². The van der Waals surface area contributed by atoms with Crippen LogP contribution in [0.3, 0.4) is 0 Å². The summed E-state index contributed by atoms with van der Waals surface area (Å²) in [5.74, 6) is 0.0390. The van der Waals surface area contributed by atoms with Crippen molar-refractivity contribution in [2.45, 2.75) is 37.1 Å². The minimum Gasteiger partial charge on any atom is -0.350 e. The van der Waals surface area contributed by atoms with Gasteiger partial charge in [-0.25, -0.2) is 0 Å². The number of benzene rings is 1. The van der Waals surface area contributed by atoms with Crippen LogP contribution in [0.5, 0.6) is 0 Å². The van der Waals surface area contributed by atoms with Gasteiger partial charge < -0.3 is 9.88 Å². The standard InChI is InChI=1S/C18H19ClN2O/c19-14-5-3-13(4-6-14)18(9-10-18)12-20-17(22)16-2-1-11-21(16)15-7-8-15/h1-6,11,15H,7-10,12H2,(H,20,22). The van der Waals surface area contributed by atoms with Crippen molar-refractivity contribution in [2.24, 2.45) is 0 Å². The Morgan fingerprint density at radius 3 is 2.59 bits per heavy atom. The van der Waals surface area contributed by atoms with Crippen molar-refractivity contribution in [1.82, 2.24) is 9.88 Å². The highest BCUT2D eigenvalue weighted by Gasteiger charge is 2.44. The summed E-state index contributed by atoms with van der Waals surface area (Å²) < 4.78 is 2.11. The molecule has 2 aliphatic carbocycles. The van der Waals surface area contributed by atoms with E-state index in [1.165, 1.54) is 18.4 Å². The predicted molar refractivity (Wildman–Crippen MR) is 87.4 cm³/mol. The third-order valence-electron chi connectivity index (χ3n) is 4.85. The van der Waals surface area contributed by atoms with Gasteiger partial charge in [0, 0.05) is 29.2 Å². The molecule has 3 nitrogen and oxygen atoms in total. The summed E-state index contributed by atoms with van der Waals surface area (Å²) in [6.07, 6.45) is 6.63. The molecule has 1 N–H and O–H groups in total. The van der Waals surface area contributed by atoms with Gasteiger partial charge in [-0.3, -0.25) is 4.79 Å². The Balaban J connectivity index is 1.44. The molecule has 0 aliphatic heterocycles. The van der Waals surface area contributed by atoms with E-state index in [2.05, 4.69) is 22.0 Å². The third kappa shape index (κ3) is 2.54. The molecule has 2 aromatic rings. The normalized spacial score (nSPS) is 19.0. The van der Waals surface area contributed by atoms with Crippen LogP contribution in [0.4, 0.5) is 0 Å². The summed E-state index contributed by atoms with van der Waals surface area (Å²) in [6.45, 7) is 0.698. The number of nitrogens with one attached hydrogen (secondary N) is 1. The lowest BCUT2D eigenvalue weighted by atomic mass is 9.96. The van der Waals surface area contributed by atoms with Gasteiger partial charge in [-0.2, -0.15) is 0 Å². The van der Waals surface area contributed by atoms with Crippen LogP contribution < -0.4 is 5.32 Å². The van der Waals surface area contributed by atoms with E-state index in [4.69, 9.17) is 11.6 Å². The number of carbonyl (C=O) groups excluding carboxylic acids is 1. The number of hydrogen-bond acceptors (Lipinski definition) is 1. The van der Waals surface area contributed by atoms with Crippen molar-refractivity contribution >= 4 is 17.5 Å². The first kappa shape index (κ1) is 13.9. The zero-order valence-electron chi connectivity index (χ0n) is 12.4. The van der Waals surface area contributed by atoms with Crippen LogP contribution in [0, 0.1) is 0 Å². The van der Waals surface area contributed by atoms with E-state index >= 15 is 0 Å². The first-order valence-electron chi connectivity index (χ1n) is 7.89. The summed E-state index contributed by atoms with van der Waals surface area (Å²) in [7, 11) is 0. The van der Waals surface area contributed by atoms with Gasteiger partial charge in [0.15, 0.2) is 0 Å². The van der Waals surface area contributed by atoms with E-state index in [0.29, 0.717) is 12.6 Å². The fourth-order valence-electron chi connectivity index (χ4n) is 3.12. The molecule has 2 aliphatic rings. The van der Waals surface area contributed by atoms with Crippen LogP contribution in [0.15, 0.2) is 42.6 Å². The zero-order valence-corrected chi connectivity index (χ0v) is 13.1. The molecule has 22 heavy (non-hydrogen) atoms. The van der Waals surface area contributed by atoms with Gasteiger partial charge in [-0.05, 0) is 55.5 Å². The molecule has 4 heteroatoms. The topological polar surface area (TPSA) is 34.0 Å². The molecular weight excluding hydrogens is 296 g/mol. The van der Waals surface area contributed by atoms with Gasteiger partial charge in [0.2, 0.25) is 0 Å². The number of hydrogen-bond donors (Lipinski definition) is 1. The number of amides is 1. The van der Waals surface area contributed by atoms with Crippen molar-refractivity contribution in [3.8, 4) is 0 Å². The SMILES string of the molecule is O=C(NCC1(c2ccc(Cl)cc2)CC1)c1cccn1C1CC1. The molecule has 1 aromatic carbocycles. The van der Waals surface area contributed by atoms with Crippen molar-refractivity contribution < 1.29 is 4.79 Å². The van der Waals surface area contributed by atoms with E-state index < -0.39 is 0 Å². The molecule has 4 rings (SSSR count). The molecule has 0 unspecified atom stereocenters. The highest BCUT2D eigenvalue weighted by Crippen LogP contribution is 2.47. The maximum atomic E-state index is 12.5. The van der Waals surface area contributed by atoms with Crippen LogP contribution in [0.1, 0.15) is 47.8 Å². The Kier molecular flexibility index (Phi) is 3.26. The molecule has 0 atom stereocenters. The number of rotatable bonds is 5. The molecule has 2 fully saturated rings. The highest BCUT2D eigenvalue weighted by atomic mass is 35.5. The predicted octanol–water partition coefficient (Wildman–Crippen LogP) is 3.94. The summed E-state index contributed by atoms with van der Waals surface area (Å²) >= 11 is 5.96. The lowest BCUT2D eigenvalue weighted by molar-refractivity contribution is 0.0940. The molecule has 1 amide bonds. The fraction of sp³-hybridized carbons (Fsp3) is 0.389. The summed E-state index contributed by atoms with van der Waals surface area (Å²) in [5.41, 5.74) is 2.17. The van der Waals surface area contributed by atoms with Crippen LogP contribution in [-0.2, 0) is 5.41 Å². The van der Waals surface area contributed by atoms with E-state index in [-0.39, 0.29) is 11.3 Å². The molecule has 0 radical (unpaired) electrons. The molecule has 0 saturated heterocycles. The quantitative estimate of drug-likeness (QED) is 0.891. The van der Waals surface area contributed by atoms with E-state index in [9.17, 15) is 4.79 Å². The average molecular weight is 315 g/mol. The van der Waals surface area contributed by atoms with Crippen molar-refractivity contribution in [1.29, 1.82) is 0 Å². The first-order valence-corrected chi connectivity index (χ1v) is 8.27. The second kappa shape index (κ2) is 5.17. The van der Waals surface area contributed by atoms with Crippen molar-refractivity contribution in [2.75, 3.05) is 6.54 Å². The number of carbonyl (C=O) groups is 1. The summed E-state index contributed by atoms with van der Waals surface area (Å²) in [4.78, 5) is 12.5. The van der Waals surface area contributed by atoms with Gasteiger partial charge in [-0.1, -0.05) is 23.7 Å². The molecule has 0 spiro atoms. The Bertz CT molecular complexity index is 696. The van der Waals surface area contributed by atoms with Gasteiger partial charge in [0.25, 0.3) is 5.91 Å². The second-order valence-corrected chi connectivity index (χ2v) is 6.94. The van der Waals surface area contributed by atoms with E-state index in [0.717, 1.165) is 23.6 Å². The maximum absolute atomic E-state index is 12.5. The van der Waals surface area contributed by atoms with Crippen molar-refractivity contribution in [3.63, 3.8) is 0 Å². The average Bonchev–Trinajstić information content (AvgIpc) is 3.45. The summed E-state index contributed by atoms with van der Waals surface area (Å²) in [5, 5.41) is 3.89. The molecular formula is C18H19ClN2O. The fourth-order valence-corrected chi connectivity index (χ4v) is 3.25. The molecule has 114 valence electrons.